The van der Waals surface area contributed by atoms with Gasteiger partial charge in [-0.3, -0.25) is 25.2 Å². The Labute approximate surface area is 214 Å². The minimum absolute atomic E-state index is 0.0606. The number of nitrogens with one attached hydrogen (secondary N) is 3. The van der Waals surface area contributed by atoms with E-state index < -0.39 is 11.7 Å². The molecule has 2 aromatic heterocycles. The third-order valence-electron chi connectivity index (χ3n) is 6.72. The molecule has 1 unspecified atom stereocenters. The van der Waals surface area contributed by atoms with Crippen molar-refractivity contribution in [3.05, 3.63) is 59.3 Å². The van der Waals surface area contributed by atoms with Crippen molar-refractivity contribution in [1.82, 2.24) is 24.6 Å². The molecule has 4 heterocycles. The number of fused-ring (bicyclic) bond motifs is 4. The van der Waals surface area contributed by atoms with Crippen molar-refractivity contribution in [1.29, 1.82) is 10.8 Å². The lowest BCUT2D eigenvalue weighted by Crippen LogP contribution is -2.34. The highest BCUT2D eigenvalue weighted by Crippen LogP contribution is 2.34. The van der Waals surface area contributed by atoms with Crippen molar-refractivity contribution in [2.45, 2.75) is 26.4 Å². The van der Waals surface area contributed by atoms with E-state index in [1.165, 1.54) is 17.0 Å². The number of carbonyl (C=O) groups excluding carboxylic acids is 1. The fraction of sp³-hybridized carbons (Fsp3) is 0.346. The molecule has 37 heavy (non-hydrogen) atoms. The van der Waals surface area contributed by atoms with Gasteiger partial charge in [0, 0.05) is 36.8 Å². The second-order valence-corrected chi connectivity index (χ2v) is 9.53. The molecule has 2 bridgehead atoms. The first-order valence-corrected chi connectivity index (χ1v) is 12.2. The Bertz CT molecular complexity index is 1370. The molecular formula is C26H29FN8O2. The van der Waals surface area contributed by atoms with Gasteiger partial charge in [-0.1, -0.05) is 13.0 Å². The van der Waals surface area contributed by atoms with E-state index in [9.17, 15) is 4.79 Å². The predicted molar refractivity (Wildman–Crippen MR) is 138 cm³/mol. The SMILES string of the molecule is CC1CCOc2cc(F)c(-c3cnn4c3CN(C)CC4)cc2C(=O)Nc2cccc(n2)C(=N)N(C=N)C1. The van der Waals surface area contributed by atoms with Gasteiger partial charge in [0.15, 0.2) is 5.84 Å². The molecule has 0 radical (unpaired) electrons. The third kappa shape index (κ3) is 4.94. The van der Waals surface area contributed by atoms with Crippen LogP contribution in [0.25, 0.3) is 11.1 Å². The zero-order chi connectivity index (χ0) is 26.1. The van der Waals surface area contributed by atoms with Gasteiger partial charge in [-0.15, -0.1) is 0 Å². The van der Waals surface area contributed by atoms with Crippen LogP contribution >= 0.6 is 0 Å². The van der Waals surface area contributed by atoms with E-state index in [1.54, 1.807) is 24.4 Å². The molecule has 192 valence electrons. The number of pyridine rings is 1. The number of hydrogen-bond donors (Lipinski definition) is 3. The molecule has 0 aliphatic carbocycles. The molecule has 2 aliphatic rings. The monoisotopic (exact) mass is 504 g/mol. The maximum absolute atomic E-state index is 15.5. The van der Waals surface area contributed by atoms with Gasteiger partial charge >= 0.3 is 0 Å². The van der Waals surface area contributed by atoms with E-state index in [2.05, 4.69) is 20.3 Å². The summed E-state index contributed by atoms with van der Waals surface area (Å²) >= 11 is 0. The number of aromatic nitrogens is 3. The lowest BCUT2D eigenvalue weighted by Gasteiger charge is -2.25. The van der Waals surface area contributed by atoms with Crippen LogP contribution in [0.15, 0.2) is 36.5 Å². The Morgan fingerprint density at radius 3 is 2.86 bits per heavy atom. The molecule has 0 fully saturated rings. The summed E-state index contributed by atoms with van der Waals surface area (Å²) in [5, 5.41) is 23.4. The van der Waals surface area contributed by atoms with Gasteiger partial charge in [0.2, 0.25) is 0 Å². The number of likely N-dealkylation sites (N-methyl/N-ethyl adjacent to an activating group) is 1. The van der Waals surface area contributed by atoms with Gasteiger partial charge in [-0.2, -0.15) is 5.10 Å². The summed E-state index contributed by atoms with van der Waals surface area (Å²) < 4.78 is 23.3. The fourth-order valence-corrected chi connectivity index (χ4v) is 4.63. The molecule has 0 saturated carbocycles. The van der Waals surface area contributed by atoms with E-state index in [0.29, 0.717) is 37.3 Å². The van der Waals surface area contributed by atoms with E-state index >= 15 is 4.39 Å². The van der Waals surface area contributed by atoms with Crippen molar-refractivity contribution in [2.75, 3.05) is 32.1 Å². The summed E-state index contributed by atoms with van der Waals surface area (Å²) in [6.45, 7) is 4.85. The zero-order valence-electron chi connectivity index (χ0n) is 20.8. The molecule has 1 amide bonds. The quantitative estimate of drug-likeness (QED) is 0.363. The van der Waals surface area contributed by atoms with Gasteiger partial charge in [0.05, 0.1) is 36.9 Å². The second-order valence-electron chi connectivity index (χ2n) is 9.53. The average Bonchev–Trinajstić information content (AvgIpc) is 3.29. The molecule has 1 aromatic carbocycles. The highest BCUT2D eigenvalue weighted by Gasteiger charge is 2.25. The molecule has 11 heteroatoms. The largest absolute Gasteiger partial charge is 0.493 e. The Morgan fingerprint density at radius 2 is 2.05 bits per heavy atom. The molecule has 10 nitrogen and oxygen atoms in total. The van der Waals surface area contributed by atoms with Crippen molar-refractivity contribution < 1.29 is 13.9 Å². The molecule has 3 N–H and O–H groups in total. The Balaban J connectivity index is 1.56. The van der Waals surface area contributed by atoms with E-state index in [0.717, 1.165) is 18.6 Å². The second kappa shape index (κ2) is 10.1. The highest BCUT2D eigenvalue weighted by molar-refractivity contribution is 6.07. The van der Waals surface area contributed by atoms with Crippen LogP contribution in [0.2, 0.25) is 0 Å². The summed E-state index contributed by atoms with van der Waals surface area (Å²) in [6.07, 6.45) is 3.32. The summed E-state index contributed by atoms with van der Waals surface area (Å²) in [7, 11) is 2.00. The molecule has 5 rings (SSSR count). The number of amidine groups is 1. The van der Waals surface area contributed by atoms with Gasteiger partial charge in [0.25, 0.3) is 5.91 Å². The van der Waals surface area contributed by atoms with Crippen LogP contribution in [0.5, 0.6) is 5.75 Å². The van der Waals surface area contributed by atoms with Gasteiger partial charge in [-0.25, -0.2) is 9.37 Å². The predicted octanol–water partition coefficient (Wildman–Crippen LogP) is 3.43. The minimum Gasteiger partial charge on any atom is -0.493 e. The number of amides is 1. The number of nitrogens with zero attached hydrogens (tertiary/aromatic N) is 5. The van der Waals surface area contributed by atoms with Crippen LogP contribution in [0.1, 0.15) is 35.1 Å². The van der Waals surface area contributed by atoms with Crippen LogP contribution in [0.4, 0.5) is 10.2 Å². The van der Waals surface area contributed by atoms with E-state index in [-0.39, 0.29) is 41.1 Å². The Morgan fingerprint density at radius 1 is 1.22 bits per heavy atom. The molecule has 2 aliphatic heterocycles. The van der Waals surface area contributed by atoms with Crippen molar-refractivity contribution in [3.8, 4) is 16.9 Å². The lowest BCUT2D eigenvalue weighted by molar-refractivity contribution is 0.102. The van der Waals surface area contributed by atoms with Crippen LogP contribution in [-0.4, -0.2) is 69.4 Å². The smallest absolute Gasteiger partial charge is 0.260 e. The van der Waals surface area contributed by atoms with Gasteiger partial charge < -0.3 is 15.0 Å². The van der Waals surface area contributed by atoms with Crippen molar-refractivity contribution >= 4 is 23.9 Å². The number of benzene rings is 1. The van der Waals surface area contributed by atoms with Crippen LogP contribution in [0, 0.1) is 22.6 Å². The molecule has 0 saturated heterocycles. The number of rotatable bonds is 2. The lowest BCUT2D eigenvalue weighted by atomic mass is 10.0. The average molecular weight is 505 g/mol. The first-order chi connectivity index (χ1) is 17.8. The summed E-state index contributed by atoms with van der Waals surface area (Å²) in [4.78, 5) is 21.5. The highest BCUT2D eigenvalue weighted by atomic mass is 19.1. The van der Waals surface area contributed by atoms with Crippen molar-refractivity contribution in [2.24, 2.45) is 5.92 Å². The van der Waals surface area contributed by atoms with Gasteiger partial charge in [-0.05, 0) is 37.6 Å². The number of anilines is 1. The van der Waals surface area contributed by atoms with Crippen LogP contribution < -0.4 is 10.1 Å². The minimum atomic E-state index is -0.500. The molecule has 3 aromatic rings. The Kier molecular flexibility index (Phi) is 6.70. The first-order valence-electron chi connectivity index (χ1n) is 12.2. The number of ether oxygens (including phenoxy) is 1. The number of carbonyl (C=O) groups is 1. The third-order valence-corrected chi connectivity index (χ3v) is 6.72. The number of hydrogen-bond acceptors (Lipinski definition) is 7. The van der Waals surface area contributed by atoms with Crippen molar-refractivity contribution in [3.63, 3.8) is 0 Å². The maximum atomic E-state index is 15.5. The maximum Gasteiger partial charge on any atom is 0.260 e. The first kappa shape index (κ1) is 24.6. The van der Waals surface area contributed by atoms with Crippen LogP contribution in [-0.2, 0) is 13.1 Å². The molecule has 1 atom stereocenters. The summed E-state index contributed by atoms with van der Waals surface area (Å²) in [6, 6.07) is 7.75. The normalized spacial score (nSPS) is 18.8. The standard InChI is InChI=1S/C26H29FN8O2/c1-16-6-9-37-23-11-20(27)17(19-12-30-35-8-7-33(2)14-22(19)35)10-18(23)26(36)32-24-5-3-4-21(31-24)25(29)34(13-16)15-28/h3-5,10-12,15-16,28-29H,6-9,13-14H2,1-2H3,(H,31,32,36). The number of halogens is 1. The fourth-order valence-electron chi connectivity index (χ4n) is 4.63. The van der Waals surface area contributed by atoms with E-state index in [1.807, 2.05) is 18.7 Å². The van der Waals surface area contributed by atoms with E-state index in [4.69, 9.17) is 15.6 Å². The molecular weight excluding hydrogens is 475 g/mol. The topological polar surface area (TPSA) is 123 Å². The van der Waals surface area contributed by atoms with Crippen LogP contribution in [0.3, 0.4) is 0 Å². The Hall–Kier alpha value is -4.12. The zero-order valence-corrected chi connectivity index (χ0v) is 20.8. The molecule has 0 spiro atoms. The summed E-state index contributed by atoms with van der Waals surface area (Å²) in [5.41, 5.74) is 2.35. The summed E-state index contributed by atoms with van der Waals surface area (Å²) in [5.74, 6) is -0.479. The van der Waals surface area contributed by atoms with Gasteiger partial charge in [0.1, 0.15) is 23.1 Å².